The summed E-state index contributed by atoms with van der Waals surface area (Å²) in [5.41, 5.74) is 0.292. The maximum atomic E-state index is 11.9. The van der Waals surface area contributed by atoms with Crippen molar-refractivity contribution in [1.29, 1.82) is 0 Å². The molecule has 0 aromatic heterocycles. The number of ether oxygens (including phenoxy) is 2. The van der Waals surface area contributed by atoms with Crippen molar-refractivity contribution in [3.05, 3.63) is 27.3 Å². The molecule has 5 heteroatoms. The second-order valence-corrected chi connectivity index (χ2v) is 6.49. The van der Waals surface area contributed by atoms with E-state index in [1.54, 1.807) is 27.9 Å². The van der Waals surface area contributed by atoms with Crippen LogP contribution in [0.4, 0.5) is 0 Å². The monoisotopic (exact) mass is 390 g/mol. The Bertz CT molecular complexity index is 503. The molecule has 0 fully saturated rings. The van der Waals surface area contributed by atoms with Gasteiger partial charge in [0, 0.05) is 6.42 Å². The van der Waals surface area contributed by atoms with Gasteiger partial charge in [-0.3, -0.25) is 9.59 Å². The Morgan fingerprint density at radius 1 is 1.25 bits per heavy atom. The summed E-state index contributed by atoms with van der Waals surface area (Å²) in [7, 11) is 1.59. The van der Waals surface area contributed by atoms with Gasteiger partial charge in [-0.15, -0.1) is 0 Å². The van der Waals surface area contributed by atoms with Gasteiger partial charge < -0.3 is 9.47 Å². The van der Waals surface area contributed by atoms with E-state index in [4.69, 9.17) is 9.47 Å². The number of esters is 1. The molecule has 0 unspecified atom stereocenters. The third kappa shape index (κ3) is 5.48. The summed E-state index contributed by atoms with van der Waals surface area (Å²) < 4.78 is 11.2. The molecule has 0 amide bonds. The van der Waals surface area contributed by atoms with Crippen molar-refractivity contribution >= 4 is 34.3 Å². The van der Waals surface area contributed by atoms with Gasteiger partial charge in [0.1, 0.15) is 23.6 Å². The number of halogens is 1. The van der Waals surface area contributed by atoms with Crippen LogP contribution >= 0.6 is 22.6 Å². The maximum absolute atomic E-state index is 11.9. The molecule has 1 aromatic carbocycles. The lowest BCUT2D eigenvalue weighted by Gasteiger charge is -2.19. The van der Waals surface area contributed by atoms with Crippen LogP contribution in [-0.2, 0) is 20.7 Å². The van der Waals surface area contributed by atoms with Gasteiger partial charge in [-0.25, -0.2) is 0 Å². The second-order valence-electron chi connectivity index (χ2n) is 5.41. The fourth-order valence-electron chi connectivity index (χ4n) is 1.66. The molecular formula is C15H19IO4. The van der Waals surface area contributed by atoms with Crippen LogP contribution in [0.15, 0.2) is 18.2 Å². The zero-order chi connectivity index (χ0) is 15.3. The first kappa shape index (κ1) is 16.9. The van der Waals surface area contributed by atoms with Crippen LogP contribution in [-0.4, -0.2) is 24.5 Å². The molecule has 0 heterocycles. The van der Waals surface area contributed by atoms with Gasteiger partial charge in [0.05, 0.1) is 10.7 Å². The Morgan fingerprint density at radius 2 is 1.90 bits per heavy atom. The summed E-state index contributed by atoms with van der Waals surface area (Å²) in [4.78, 5) is 23.5. The molecule has 1 rings (SSSR count). The van der Waals surface area contributed by atoms with Gasteiger partial charge in [0.15, 0.2) is 0 Å². The summed E-state index contributed by atoms with van der Waals surface area (Å²) in [6.45, 7) is 5.33. The Morgan fingerprint density at radius 3 is 2.45 bits per heavy atom. The van der Waals surface area contributed by atoms with Gasteiger partial charge in [0.2, 0.25) is 0 Å². The number of ketones is 1. The largest absolute Gasteiger partial charge is 0.496 e. The van der Waals surface area contributed by atoms with Crippen LogP contribution in [0.25, 0.3) is 0 Å². The molecule has 0 saturated heterocycles. The first-order valence-corrected chi connectivity index (χ1v) is 7.35. The SMILES string of the molecule is COc1cccc(CC(=O)CC(=O)OC(C)(C)C)c1I. The fraction of sp³-hybridized carbons (Fsp3) is 0.467. The van der Waals surface area contributed by atoms with Gasteiger partial charge in [-0.2, -0.15) is 0 Å². The number of carbonyl (C=O) groups is 2. The number of hydrogen-bond acceptors (Lipinski definition) is 4. The van der Waals surface area contributed by atoms with Gasteiger partial charge in [0.25, 0.3) is 0 Å². The van der Waals surface area contributed by atoms with E-state index in [9.17, 15) is 9.59 Å². The van der Waals surface area contributed by atoms with Crippen LogP contribution in [0.1, 0.15) is 32.8 Å². The molecule has 0 aliphatic rings. The molecule has 1 aromatic rings. The highest BCUT2D eigenvalue weighted by atomic mass is 127. The molecule has 20 heavy (non-hydrogen) atoms. The Balaban J connectivity index is 2.66. The van der Waals surface area contributed by atoms with Gasteiger partial charge in [-0.1, -0.05) is 12.1 Å². The molecule has 0 aliphatic heterocycles. The molecule has 0 aliphatic carbocycles. The third-order valence-corrected chi connectivity index (χ3v) is 3.64. The zero-order valence-electron chi connectivity index (χ0n) is 12.2. The molecule has 110 valence electrons. The average molecular weight is 390 g/mol. The molecule has 4 nitrogen and oxygen atoms in total. The Labute approximate surface area is 133 Å². The summed E-state index contributed by atoms with van der Waals surface area (Å²) in [6, 6.07) is 5.53. The van der Waals surface area contributed by atoms with Crippen LogP contribution in [0, 0.1) is 3.57 Å². The highest BCUT2D eigenvalue weighted by Crippen LogP contribution is 2.24. The minimum Gasteiger partial charge on any atom is -0.496 e. The van der Waals surface area contributed by atoms with Crippen molar-refractivity contribution < 1.29 is 19.1 Å². The number of carbonyl (C=O) groups excluding carboxylic acids is 2. The first-order chi connectivity index (χ1) is 9.23. The van der Waals surface area contributed by atoms with Crippen molar-refractivity contribution in [3.63, 3.8) is 0 Å². The Hall–Kier alpha value is -1.11. The fourth-order valence-corrected chi connectivity index (χ4v) is 2.43. The van der Waals surface area contributed by atoms with E-state index < -0.39 is 11.6 Å². The van der Waals surface area contributed by atoms with Crippen molar-refractivity contribution in [2.75, 3.05) is 7.11 Å². The minimum atomic E-state index is -0.568. The maximum Gasteiger partial charge on any atom is 0.313 e. The highest BCUT2D eigenvalue weighted by Gasteiger charge is 2.19. The second kappa shape index (κ2) is 7.06. The summed E-state index contributed by atoms with van der Waals surface area (Å²) in [6.07, 6.45) is -0.000718. The molecule has 0 saturated carbocycles. The quantitative estimate of drug-likeness (QED) is 0.441. The number of rotatable bonds is 5. The lowest BCUT2D eigenvalue weighted by Crippen LogP contribution is -2.25. The molecule has 0 bridgehead atoms. The van der Waals surface area contributed by atoms with Crippen LogP contribution in [0.5, 0.6) is 5.75 Å². The van der Waals surface area contributed by atoms with E-state index in [0.29, 0.717) is 0 Å². The molecule has 0 spiro atoms. The summed E-state index contributed by atoms with van der Waals surface area (Å²) in [5.74, 6) is 0.0824. The smallest absolute Gasteiger partial charge is 0.313 e. The topological polar surface area (TPSA) is 52.6 Å². The third-order valence-electron chi connectivity index (χ3n) is 2.41. The predicted octanol–water partition coefficient (Wildman–Crippen LogP) is 3.14. The van der Waals surface area contributed by atoms with E-state index >= 15 is 0 Å². The highest BCUT2D eigenvalue weighted by molar-refractivity contribution is 14.1. The van der Waals surface area contributed by atoms with Crippen molar-refractivity contribution in [3.8, 4) is 5.75 Å². The summed E-state index contributed by atoms with van der Waals surface area (Å²) >= 11 is 2.14. The average Bonchev–Trinajstić information content (AvgIpc) is 2.29. The van der Waals surface area contributed by atoms with Gasteiger partial charge >= 0.3 is 5.97 Å². The number of hydrogen-bond donors (Lipinski definition) is 0. The minimum absolute atomic E-state index is 0.162. The van der Waals surface area contributed by atoms with Crippen LogP contribution in [0.3, 0.4) is 0 Å². The Kier molecular flexibility index (Phi) is 5.98. The standard InChI is InChI=1S/C15H19IO4/c1-15(2,3)20-13(18)9-11(17)8-10-6-5-7-12(19-4)14(10)16/h5-7H,8-9H2,1-4H3. The molecule has 0 radical (unpaired) electrons. The van der Waals surface area contributed by atoms with Gasteiger partial charge in [-0.05, 0) is 55.0 Å². The van der Waals surface area contributed by atoms with Crippen molar-refractivity contribution in [1.82, 2.24) is 0 Å². The van der Waals surface area contributed by atoms with E-state index in [2.05, 4.69) is 22.6 Å². The normalized spacial score (nSPS) is 11.1. The molecule has 0 N–H and O–H groups in total. The lowest BCUT2D eigenvalue weighted by atomic mass is 10.1. The first-order valence-electron chi connectivity index (χ1n) is 6.28. The van der Waals surface area contributed by atoms with Crippen LogP contribution in [0.2, 0.25) is 0 Å². The van der Waals surface area contributed by atoms with E-state index in [0.717, 1.165) is 14.9 Å². The summed E-state index contributed by atoms with van der Waals surface area (Å²) in [5, 5.41) is 0. The van der Waals surface area contributed by atoms with Crippen molar-refractivity contribution in [2.24, 2.45) is 0 Å². The van der Waals surface area contributed by atoms with Crippen molar-refractivity contribution in [2.45, 2.75) is 39.2 Å². The number of Topliss-reactive ketones (excluding diaryl/α,β-unsaturated/α-hetero) is 1. The number of methoxy groups -OCH3 is 1. The van der Waals surface area contributed by atoms with E-state index in [1.807, 2.05) is 18.2 Å². The molecule has 0 atom stereocenters. The van der Waals surface area contributed by atoms with E-state index in [-0.39, 0.29) is 18.6 Å². The van der Waals surface area contributed by atoms with E-state index in [1.165, 1.54) is 0 Å². The van der Waals surface area contributed by atoms with Crippen LogP contribution < -0.4 is 4.74 Å². The zero-order valence-corrected chi connectivity index (χ0v) is 14.3. The predicted molar refractivity (Wildman–Crippen MR) is 84.9 cm³/mol. The molecular weight excluding hydrogens is 371 g/mol. The lowest BCUT2D eigenvalue weighted by molar-refractivity contribution is -0.156. The number of benzene rings is 1.